The number of fused-ring (bicyclic) bond motifs is 20. The van der Waals surface area contributed by atoms with Crippen LogP contribution in [0.3, 0.4) is 0 Å². The van der Waals surface area contributed by atoms with Gasteiger partial charge in [-0.05, 0) is 207 Å². The lowest BCUT2D eigenvalue weighted by Gasteiger charge is -2.15. The number of aromatic nitrogens is 6. The molecule has 0 unspecified atom stereocenters. The summed E-state index contributed by atoms with van der Waals surface area (Å²) in [6.07, 6.45) is 0. The van der Waals surface area contributed by atoms with E-state index in [0.29, 0.717) is 0 Å². The molecule has 0 radical (unpaired) electrons. The molecule has 0 saturated heterocycles. The third kappa shape index (κ3) is 11.6. The SMILES string of the molecule is c1ccc(-c2ccc(-n3c4ccccc4c4cc(-c5cccc(-c6cc7c8ccccc8n(-c8ccccc8)c7c7c8ccccc8n(-c8ccccc8)c67)c5)ccc43)cc2)cc1.c1ccc(-c2cccc(-n3c4ccccc4c4ccc(-c5cccc(-c6cc7c8ccccc8n(-c8ccccc8)c7c7c8ccccc8n(-c8ccccc8)c67)c5)cc43)c2)cc1. The van der Waals surface area contributed by atoms with E-state index in [0.717, 1.165) is 34.1 Å². The number of nitrogens with zero attached hydrogens (tertiary/aromatic N) is 6. The van der Waals surface area contributed by atoms with Crippen molar-refractivity contribution in [3.63, 3.8) is 0 Å². The Bertz CT molecular complexity index is 8790. The third-order valence-corrected chi connectivity index (χ3v) is 26.0. The van der Waals surface area contributed by atoms with Gasteiger partial charge in [0.25, 0.3) is 0 Å². The van der Waals surface area contributed by atoms with Crippen molar-refractivity contribution in [2.75, 3.05) is 0 Å². The van der Waals surface area contributed by atoms with Gasteiger partial charge in [-0.15, -0.1) is 0 Å². The monoisotopic (exact) mass is 1600 g/mol. The molecule has 0 atom stereocenters. The molecule has 0 aliphatic heterocycles. The van der Waals surface area contributed by atoms with Crippen LogP contribution < -0.4 is 0 Å². The highest BCUT2D eigenvalue weighted by molar-refractivity contribution is 6.31. The maximum Gasteiger partial charge on any atom is 0.0641 e. The van der Waals surface area contributed by atoms with E-state index in [2.05, 4.69) is 501 Å². The van der Waals surface area contributed by atoms with Crippen LogP contribution in [0.15, 0.2) is 473 Å². The first-order valence-corrected chi connectivity index (χ1v) is 43.4. The van der Waals surface area contributed by atoms with Crippen LogP contribution in [0.25, 0.3) is 232 Å². The van der Waals surface area contributed by atoms with Gasteiger partial charge in [-0.3, -0.25) is 0 Å². The van der Waals surface area contributed by atoms with E-state index < -0.39 is 0 Å². The fourth-order valence-corrected chi connectivity index (χ4v) is 20.5. The van der Waals surface area contributed by atoms with Gasteiger partial charge >= 0.3 is 0 Å². The summed E-state index contributed by atoms with van der Waals surface area (Å²) in [5.74, 6) is 0. The molecule has 0 aliphatic carbocycles. The molecular formula is C120H78N6. The van der Waals surface area contributed by atoms with Gasteiger partial charge in [0.1, 0.15) is 0 Å². The second kappa shape index (κ2) is 29.5. The summed E-state index contributed by atoms with van der Waals surface area (Å²) >= 11 is 0. The van der Waals surface area contributed by atoms with Gasteiger partial charge in [0.15, 0.2) is 0 Å². The van der Waals surface area contributed by atoms with Gasteiger partial charge in [-0.1, -0.05) is 322 Å². The van der Waals surface area contributed by atoms with Crippen LogP contribution in [0, 0.1) is 0 Å². The van der Waals surface area contributed by atoms with E-state index in [-0.39, 0.29) is 0 Å². The largest absolute Gasteiger partial charge is 0.309 e. The summed E-state index contributed by atoms with van der Waals surface area (Å²) in [5.41, 5.74) is 35.6. The van der Waals surface area contributed by atoms with Crippen molar-refractivity contribution in [1.29, 1.82) is 0 Å². The molecule has 588 valence electrons. The second-order valence-corrected chi connectivity index (χ2v) is 33.0. The number of para-hydroxylation sites is 10. The number of hydrogen-bond acceptors (Lipinski definition) is 0. The molecule has 0 aliphatic rings. The molecule has 0 saturated carbocycles. The molecule has 20 aromatic carbocycles. The van der Waals surface area contributed by atoms with Gasteiger partial charge in [0, 0.05) is 110 Å². The maximum absolute atomic E-state index is 2.48. The van der Waals surface area contributed by atoms with E-state index in [4.69, 9.17) is 0 Å². The van der Waals surface area contributed by atoms with Crippen molar-refractivity contribution in [2.45, 2.75) is 0 Å². The predicted molar refractivity (Wildman–Crippen MR) is 532 cm³/mol. The Labute approximate surface area is 727 Å². The van der Waals surface area contributed by atoms with E-state index in [9.17, 15) is 0 Å². The minimum Gasteiger partial charge on any atom is -0.309 e. The van der Waals surface area contributed by atoms with E-state index >= 15 is 0 Å². The molecule has 6 heteroatoms. The van der Waals surface area contributed by atoms with Gasteiger partial charge < -0.3 is 27.4 Å². The highest BCUT2D eigenvalue weighted by Crippen LogP contribution is 2.51. The molecule has 0 amide bonds. The van der Waals surface area contributed by atoms with Crippen LogP contribution in [0.1, 0.15) is 0 Å². The second-order valence-electron chi connectivity index (χ2n) is 33.0. The van der Waals surface area contributed by atoms with Crippen LogP contribution >= 0.6 is 0 Å². The van der Waals surface area contributed by atoms with Crippen LogP contribution in [0.2, 0.25) is 0 Å². The van der Waals surface area contributed by atoms with Gasteiger partial charge in [0.05, 0.1) is 66.2 Å². The average molecular weight is 1600 g/mol. The molecule has 0 spiro atoms. The van der Waals surface area contributed by atoms with Gasteiger partial charge in [-0.2, -0.15) is 0 Å². The van der Waals surface area contributed by atoms with Crippen molar-refractivity contribution in [2.24, 2.45) is 0 Å². The zero-order valence-corrected chi connectivity index (χ0v) is 68.7. The molecule has 126 heavy (non-hydrogen) atoms. The summed E-state index contributed by atoms with van der Waals surface area (Å²) in [6.45, 7) is 0. The topological polar surface area (TPSA) is 29.6 Å². The Morgan fingerprint density at radius 2 is 0.373 bits per heavy atom. The Kier molecular flexibility index (Phi) is 16.9. The highest BCUT2D eigenvalue weighted by atomic mass is 15.0. The first-order valence-electron chi connectivity index (χ1n) is 43.4. The van der Waals surface area contributed by atoms with Crippen LogP contribution in [0.5, 0.6) is 0 Å². The normalized spacial score (nSPS) is 11.8. The Balaban J connectivity index is 0.000000137. The van der Waals surface area contributed by atoms with Crippen molar-refractivity contribution >= 4 is 131 Å². The summed E-state index contributed by atoms with van der Waals surface area (Å²) in [4.78, 5) is 0. The standard InChI is InChI=1S/2C60H39N3/c1-4-18-40(19-5-1)42-21-17-27-47(37-42)61-54-31-13-10-28-48(54)50-35-34-43(38-57(50)61)41-20-16-22-44(36-41)52-39-53-49-29-11-14-32-55(49)62(45-23-6-2-7-24-45)60(53)58-51-30-12-15-33-56(51)63(59(52)58)46-25-8-3-9-26-46;1-4-17-40(18-5-1)41-31-34-47(35-32-41)61-54-28-13-10-25-48(54)52-38-43(33-36-57(52)61)42-19-16-20-44(37-42)51-39-53-49-26-11-14-29-55(49)62(45-21-6-2-7-22-45)60(53)58-50-27-12-15-30-56(50)63(59(51)58)46-23-8-3-9-24-46/h2*1-39H. The lowest BCUT2D eigenvalue weighted by atomic mass is 9.95. The first kappa shape index (κ1) is 72.1. The van der Waals surface area contributed by atoms with Crippen LogP contribution in [-0.2, 0) is 0 Å². The lowest BCUT2D eigenvalue weighted by Crippen LogP contribution is -1.97. The molecule has 0 N–H and O–H groups in total. The third-order valence-electron chi connectivity index (χ3n) is 26.0. The van der Waals surface area contributed by atoms with E-state index in [1.54, 1.807) is 0 Å². The van der Waals surface area contributed by atoms with Crippen LogP contribution in [0.4, 0.5) is 0 Å². The van der Waals surface area contributed by atoms with Crippen molar-refractivity contribution < 1.29 is 0 Å². The van der Waals surface area contributed by atoms with Crippen molar-refractivity contribution in [1.82, 2.24) is 27.4 Å². The summed E-state index contributed by atoms with van der Waals surface area (Å²) < 4.78 is 14.7. The van der Waals surface area contributed by atoms with Crippen LogP contribution in [-0.4, -0.2) is 27.4 Å². The smallest absolute Gasteiger partial charge is 0.0641 e. The Hall–Kier alpha value is -16.8. The summed E-state index contributed by atoms with van der Waals surface area (Å²) in [7, 11) is 0. The summed E-state index contributed by atoms with van der Waals surface area (Å²) in [5, 5.41) is 14.9. The highest BCUT2D eigenvalue weighted by Gasteiger charge is 2.28. The van der Waals surface area contributed by atoms with Crippen molar-refractivity contribution in [3.05, 3.63) is 473 Å². The quantitative estimate of drug-likeness (QED) is 0.117. The minimum atomic E-state index is 1.14. The maximum atomic E-state index is 2.48. The lowest BCUT2D eigenvalue weighted by molar-refractivity contribution is 1.17. The zero-order valence-electron chi connectivity index (χ0n) is 68.7. The summed E-state index contributed by atoms with van der Waals surface area (Å²) in [6, 6.07) is 173. The predicted octanol–water partition coefficient (Wildman–Crippen LogP) is 32.0. The van der Waals surface area contributed by atoms with E-state index in [1.165, 1.54) is 198 Å². The molecule has 26 aromatic rings. The van der Waals surface area contributed by atoms with Gasteiger partial charge in [-0.25, -0.2) is 0 Å². The molecule has 6 nitrogen and oxygen atoms in total. The molecule has 0 bridgehead atoms. The minimum absolute atomic E-state index is 1.14. The van der Waals surface area contributed by atoms with Gasteiger partial charge in [0.2, 0.25) is 0 Å². The molecular weight excluding hydrogens is 1530 g/mol. The molecule has 6 heterocycles. The fraction of sp³-hybridized carbons (Fsp3) is 0. The number of benzene rings is 20. The zero-order chi connectivity index (χ0) is 82.9. The first-order chi connectivity index (χ1) is 62.6. The van der Waals surface area contributed by atoms with Crippen molar-refractivity contribution in [3.8, 4) is 101 Å². The molecule has 26 rings (SSSR count). The van der Waals surface area contributed by atoms with E-state index in [1.807, 2.05) is 0 Å². The average Bonchev–Trinajstić information content (AvgIpc) is 1.55. The Morgan fingerprint density at radius 1 is 0.111 bits per heavy atom. The number of hydrogen-bond donors (Lipinski definition) is 0. The Morgan fingerprint density at radius 3 is 0.825 bits per heavy atom. The fourth-order valence-electron chi connectivity index (χ4n) is 20.5. The number of rotatable bonds is 12. The molecule has 0 fully saturated rings. The molecule has 6 aromatic heterocycles.